The molecule has 0 aromatic rings. The summed E-state index contributed by atoms with van der Waals surface area (Å²) < 4.78 is 0. The molecule has 0 bridgehead atoms. The minimum atomic E-state index is -0.999. The van der Waals surface area contributed by atoms with E-state index >= 15 is 0 Å². The van der Waals surface area contributed by atoms with E-state index in [1.807, 2.05) is 0 Å². The SMILES string of the molecule is CSCC(NC=O)C(=O)O. The van der Waals surface area contributed by atoms with Crippen LogP contribution in [0.15, 0.2) is 0 Å². The fourth-order valence-corrected chi connectivity index (χ4v) is 1.01. The minimum Gasteiger partial charge on any atom is -0.480 e. The first-order valence-electron chi connectivity index (χ1n) is 2.63. The average Bonchev–Trinajstić information content (AvgIpc) is 1.87. The number of carboxylic acid groups (broad SMARTS) is 1. The number of thioether (sulfide) groups is 1. The quantitative estimate of drug-likeness (QED) is 0.539. The third-order valence-electron chi connectivity index (χ3n) is 0.901. The maximum Gasteiger partial charge on any atom is 0.327 e. The van der Waals surface area contributed by atoms with Crippen LogP contribution < -0.4 is 5.32 Å². The molecule has 0 heterocycles. The van der Waals surface area contributed by atoms with Gasteiger partial charge in [0.15, 0.2) is 0 Å². The first kappa shape index (κ1) is 9.29. The highest BCUT2D eigenvalue weighted by atomic mass is 32.2. The van der Waals surface area contributed by atoms with Crippen molar-refractivity contribution in [3.63, 3.8) is 0 Å². The Morgan fingerprint density at radius 1 is 1.90 bits per heavy atom. The van der Waals surface area contributed by atoms with E-state index < -0.39 is 12.0 Å². The largest absolute Gasteiger partial charge is 0.480 e. The van der Waals surface area contributed by atoms with Gasteiger partial charge in [-0.05, 0) is 6.26 Å². The van der Waals surface area contributed by atoms with Crippen LogP contribution in [0.25, 0.3) is 0 Å². The second-order valence-electron chi connectivity index (χ2n) is 1.63. The number of hydrogen-bond donors (Lipinski definition) is 2. The van der Waals surface area contributed by atoms with Crippen LogP contribution in [0.2, 0.25) is 0 Å². The first-order chi connectivity index (χ1) is 4.72. The summed E-state index contributed by atoms with van der Waals surface area (Å²) >= 11 is 1.38. The van der Waals surface area contributed by atoms with E-state index in [-0.39, 0.29) is 0 Å². The van der Waals surface area contributed by atoms with Gasteiger partial charge in [-0.25, -0.2) is 4.79 Å². The van der Waals surface area contributed by atoms with Gasteiger partial charge in [-0.15, -0.1) is 0 Å². The lowest BCUT2D eigenvalue weighted by Crippen LogP contribution is -2.37. The zero-order valence-electron chi connectivity index (χ0n) is 5.53. The van der Waals surface area contributed by atoms with Gasteiger partial charge in [-0.3, -0.25) is 4.79 Å². The molecule has 0 saturated heterocycles. The number of nitrogens with one attached hydrogen (secondary N) is 1. The highest BCUT2D eigenvalue weighted by Crippen LogP contribution is 1.95. The van der Waals surface area contributed by atoms with E-state index in [1.54, 1.807) is 6.26 Å². The normalized spacial score (nSPS) is 12.1. The molecule has 0 radical (unpaired) electrons. The second-order valence-corrected chi connectivity index (χ2v) is 2.54. The molecule has 1 amide bonds. The van der Waals surface area contributed by atoms with Crippen molar-refractivity contribution in [2.75, 3.05) is 12.0 Å². The molecule has 10 heavy (non-hydrogen) atoms. The van der Waals surface area contributed by atoms with Crippen LogP contribution in [0.4, 0.5) is 0 Å². The number of carboxylic acids is 1. The lowest BCUT2D eigenvalue weighted by molar-refractivity contribution is -0.139. The van der Waals surface area contributed by atoms with Crippen molar-refractivity contribution < 1.29 is 14.7 Å². The fourth-order valence-electron chi connectivity index (χ4n) is 0.439. The number of carbonyl (C=O) groups is 2. The van der Waals surface area contributed by atoms with Crippen molar-refractivity contribution in [3.05, 3.63) is 0 Å². The summed E-state index contributed by atoms with van der Waals surface area (Å²) in [6.07, 6.45) is 2.18. The molecule has 0 spiro atoms. The molecule has 4 nitrogen and oxygen atoms in total. The summed E-state index contributed by atoms with van der Waals surface area (Å²) in [4.78, 5) is 20.1. The van der Waals surface area contributed by atoms with E-state index in [0.29, 0.717) is 12.2 Å². The monoisotopic (exact) mass is 163 g/mol. The number of carbonyl (C=O) groups excluding carboxylic acids is 1. The molecule has 58 valence electrons. The van der Waals surface area contributed by atoms with Gasteiger partial charge in [0, 0.05) is 5.75 Å². The van der Waals surface area contributed by atoms with Crippen LogP contribution in [0, 0.1) is 0 Å². The minimum absolute atomic E-state index is 0.397. The topological polar surface area (TPSA) is 66.4 Å². The molecule has 0 aromatic carbocycles. The van der Waals surface area contributed by atoms with Gasteiger partial charge in [0.1, 0.15) is 6.04 Å². The third kappa shape index (κ3) is 3.34. The predicted octanol–water partition coefficient (Wildman–Crippen LogP) is -0.451. The van der Waals surface area contributed by atoms with Gasteiger partial charge in [0.05, 0.1) is 0 Å². The highest BCUT2D eigenvalue weighted by Gasteiger charge is 2.13. The maximum atomic E-state index is 10.2. The molecular formula is C5H9NO3S. The van der Waals surface area contributed by atoms with Crippen LogP contribution in [0.3, 0.4) is 0 Å². The van der Waals surface area contributed by atoms with Gasteiger partial charge in [-0.1, -0.05) is 0 Å². The number of aliphatic carboxylic acids is 1. The molecule has 0 fully saturated rings. The Balaban J connectivity index is 3.71. The molecule has 0 rings (SSSR count). The van der Waals surface area contributed by atoms with E-state index in [4.69, 9.17) is 5.11 Å². The van der Waals surface area contributed by atoms with Crippen LogP contribution in [-0.2, 0) is 9.59 Å². The van der Waals surface area contributed by atoms with Gasteiger partial charge in [0.25, 0.3) is 0 Å². The van der Waals surface area contributed by atoms with E-state index in [0.717, 1.165) is 0 Å². The second kappa shape index (κ2) is 5.10. The standard InChI is InChI=1S/C5H9NO3S/c1-10-2-4(5(8)9)6-3-7/h3-4H,2H2,1H3,(H,6,7)(H,8,9). The molecule has 1 atom stereocenters. The van der Waals surface area contributed by atoms with Crippen molar-refractivity contribution >= 4 is 24.1 Å². The highest BCUT2D eigenvalue weighted by molar-refractivity contribution is 7.98. The van der Waals surface area contributed by atoms with Crippen molar-refractivity contribution in [1.82, 2.24) is 5.32 Å². The zero-order chi connectivity index (χ0) is 7.98. The number of hydrogen-bond acceptors (Lipinski definition) is 3. The number of rotatable bonds is 5. The van der Waals surface area contributed by atoms with Gasteiger partial charge < -0.3 is 10.4 Å². The molecular weight excluding hydrogens is 154 g/mol. The van der Waals surface area contributed by atoms with Crippen molar-refractivity contribution in [2.45, 2.75) is 6.04 Å². The molecule has 0 aromatic heterocycles. The average molecular weight is 163 g/mol. The number of amides is 1. The fraction of sp³-hybridized carbons (Fsp3) is 0.600. The van der Waals surface area contributed by atoms with Crippen molar-refractivity contribution in [1.29, 1.82) is 0 Å². The zero-order valence-corrected chi connectivity index (χ0v) is 6.35. The van der Waals surface area contributed by atoms with Gasteiger partial charge in [0.2, 0.25) is 6.41 Å². The Bertz CT molecular complexity index is 128. The first-order valence-corrected chi connectivity index (χ1v) is 4.03. The van der Waals surface area contributed by atoms with E-state index in [2.05, 4.69) is 5.32 Å². The lowest BCUT2D eigenvalue weighted by atomic mass is 10.3. The molecule has 5 heteroatoms. The summed E-state index contributed by atoms with van der Waals surface area (Å²) in [5.41, 5.74) is 0. The molecule has 0 aliphatic heterocycles. The Kier molecular flexibility index (Phi) is 4.74. The van der Waals surface area contributed by atoms with Crippen molar-refractivity contribution in [3.8, 4) is 0 Å². The van der Waals surface area contributed by atoms with Crippen molar-refractivity contribution in [2.24, 2.45) is 0 Å². The Morgan fingerprint density at radius 2 is 2.50 bits per heavy atom. The molecule has 0 aliphatic carbocycles. The summed E-state index contributed by atoms with van der Waals surface area (Å²) in [6.45, 7) is 0. The maximum absolute atomic E-state index is 10.2. The van der Waals surface area contributed by atoms with Crippen LogP contribution in [0.1, 0.15) is 0 Å². The smallest absolute Gasteiger partial charge is 0.327 e. The Hall–Kier alpha value is -0.710. The summed E-state index contributed by atoms with van der Waals surface area (Å²) in [5.74, 6) is -0.602. The van der Waals surface area contributed by atoms with Gasteiger partial charge in [-0.2, -0.15) is 11.8 Å². The van der Waals surface area contributed by atoms with Gasteiger partial charge >= 0.3 is 5.97 Å². The third-order valence-corrected chi connectivity index (χ3v) is 1.57. The van der Waals surface area contributed by atoms with E-state index in [1.165, 1.54) is 11.8 Å². The van der Waals surface area contributed by atoms with Crippen LogP contribution in [-0.4, -0.2) is 35.5 Å². The predicted molar refractivity (Wildman–Crippen MR) is 39.0 cm³/mol. The molecule has 2 N–H and O–H groups in total. The van der Waals surface area contributed by atoms with Crippen LogP contribution in [0.5, 0.6) is 0 Å². The lowest BCUT2D eigenvalue weighted by Gasteiger charge is -2.07. The Morgan fingerprint density at radius 3 is 2.80 bits per heavy atom. The molecule has 0 aliphatic rings. The van der Waals surface area contributed by atoms with Crippen LogP contribution >= 0.6 is 11.8 Å². The summed E-state index contributed by atoms with van der Waals surface area (Å²) in [5, 5.41) is 10.6. The molecule has 1 unspecified atom stereocenters. The molecule has 0 saturated carbocycles. The Labute approximate surface area is 63.0 Å². The van der Waals surface area contributed by atoms with E-state index in [9.17, 15) is 9.59 Å². The summed E-state index contributed by atoms with van der Waals surface area (Å²) in [6, 6.07) is -0.757. The summed E-state index contributed by atoms with van der Waals surface area (Å²) in [7, 11) is 0.